The van der Waals surface area contributed by atoms with Gasteiger partial charge in [0.05, 0.1) is 17.4 Å². The molecule has 1 aromatic heterocycles. The maximum absolute atomic E-state index is 12.3. The topological polar surface area (TPSA) is 45.5 Å². The number of rotatable bonds is 3. The molecule has 0 unspecified atom stereocenters. The molecular weight excluding hydrogens is 204 g/mol. The standard InChI is InChI=1S/C12H18N2O2/c1-12(2,14-6-4-13-5-7-14)11(15)10-3-8-16-9-10/h3,8-9,13H,4-7H2,1-2H3. The summed E-state index contributed by atoms with van der Waals surface area (Å²) in [4.78, 5) is 14.5. The predicted octanol–water partition coefficient (Wildman–Crippen LogP) is 1.15. The fourth-order valence-electron chi connectivity index (χ4n) is 2.11. The minimum atomic E-state index is -0.452. The first-order valence-corrected chi connectivity index (χ1v) is 5.65. The molecule has 2 rings (SSSR count). The highest BCUT2D eigenvalue weighted by atomic mass is 16.3. The van der Waals surface area contributed by atoms with E-state index in [1.165, 1.54) is 6.26 Å². The average Bonchev–Trinajstić information content (AvgIpc) is 2.82. The Labute approximate surface area is 95.6 Å². The first-order valence-electron chi connectivity index (χ1n) is 5.65. The van der Waals surface area contributed by atoms with Crippen molar-refractivity contribution in [1.29, 1.82) is 0 Å². The largest absolute Gasteiger partial charge is 0.472 e. The normalized spacial score (nSPS) is 18.6. The van der Waals surface area contributed by atoms with Crippen LogP contribution < -0.4 is 5.32 Å². The molecule has 0 aromatic carbocycles. The monoisotopic (exact) mass is 222 g/mol. The van der Waals surface area contributed by atoms with Crippen LogP contribution in [0.2, 0.25) is 0 Å². The van der Waals surface area contributed by atoms with Crippen LogP contribution in [-0.2, 0) is 0 Å². The Kier molecular flexibility index (Phi) is 3.12. The number of hydrogen-bond acceptors (Lipinski definition) is 4. The highest BCUT2D eigenvalue weighted by Gasteiger charge is 2.35. The van der Waals surface area contributed by atoms with E-state index in [4.69, 9.17) is 4.42 Å². The Bertz CT molecular complexity index is 351. The van der Waals surface area contributed by atoms with Gasteiger partial charge < -0.3 is 9.73 Å². The van der Waals surface area contributed by atoms with E-state index < -0.39 is 5.54 Å². The van der Waals surface area contributed by atoms with Gasteiger partial charge in [0.1, 0.15) is 6.26 Å². The highest BCUT2D eigenvalue weighted by molar-refractivity contribution is 6.02. The Balaban J connectivity index is 2.14. The van der Waals surface area contributed by atoms with Gasteiger partial charge in [-0.15, -0.1) is 0 Å². The summed E-state index contributed by atoms with van der Waals surface area (Å²) >= 11 is 0. The molecule has 0 saturated carbocycles. The molecule has 0 atom stereocenters. The number of furan rings is 1. The summed E-state index contributed by atoms with van der Waals surface area (Å²) in [6.07, 6.45) is 3.06. The molecule has 1 aromatic rings. The van der Waals surface area contributed by atoms with Crippen molar-refractivity contribution in [2.24, 2.45) is 0 Å². The highest BCUT2D eigenvalue weighted by Crippen LogP contribution is 2.21. The van der Waals surface area contributed by atoms with Crippen LogP contribution in [0.15, 0.2) is 23.0 Å². The Morgan fingerprint density at radius 1 is 1.44 bits per heavy atom. The Morgan fingerprint density at radius 2 is 2.12 bits per heavy atom. The number of hydrogen-bond donors (Lipinski definition) is 1. The van der Waals surface area contributed by atoms with E-state index in [1.807, 2.05) is 13.8 Å². The third-order valence-corrected chi connectivity index (χ3v) is 3.25. The Hall–Kier alpha value is -1.13. The van der Waals surface area contributed by atoms with Crippen LogP contribution >= 0.6 is 0 Å². The molecule has 4 heteroatoms. The summed E-state index contributed by atoms with van der Waals surface area (Å²) < 4.78 is 4.97. The fourth-order valence-corrected chi connectivity index (χ4v) is 2.11. The van der Waals surface area contributed by atoms with Crippen molar-refractivity contribution in [2.75, 3.05) is 26.2 Å². The molecule has 1 N–H and O–H groups in total. The van der Waals surface area contributed by atoms with E-state index in [-0.39, 0.29) is 5.78 Å². The van der Waals surface area contributed by atoms with Gasteiger partial charge in [0, 0.05) is 26.2 Å². The van der Waals surface area contributed by atoms with Gasteiger partial charge in [-0.05, 0) is 19.9 Å². The lowest BCUT2D eigenvalue weighted by Gasteiger charge is -2.39. The molecule has 88 valence electrons. The lowest BCUT2D eigenvalue weighted by atomic mass is 9.92. The van der Waals surface area contributed by atoms with Gasteiger partial charge in [-0.25, -0.2) is 0 Å². The van der Waals surface area contributed by atoms with E-state index in [1.54, 1.807) is 12.3 Å². The summed E-state index contributed by atoms with van der Waals surface area (Å²) in [5.41, 5.74) is 0.204. The van der Waals surface area contributed by atoms with Crippen molar-refractivity contribution in [3.63, 3.8) is 0 Å². The summed E-state index contributed by atoms with van der Waals surface area (Å²) in [6, 6.07) is 1.73. The van der Waals surface area contributed by atoms with Gasteiger partial charge in [0.15, 0.2) is 5.78 Å². The molecule has 1 aliphatic rings. The molecule has 0 radical (unpaired) electrons. The summed E-state index contributed by atoms with van der Waals surface area (Å²) in [7, 11) is 0. The van der Waals surface area contributed by atoms with Crippen molar-refractivity contribution in [1.82, 2.24) is 10.2 Å². The number of piperazine rings is 1. The fraction of sp³-hybridized carbons (Fsp3) is 0.583. The zero-order valence-electron chi connectivity index (χ0n) is 9.82. The van der Waals surface area contributed by atoms with Crippen molar-refractivity contribution in [3.05, 3.63) is 24.2 Å². The van der Waals surface area contributed by atoms with Crippen LogP contribution in [-0.4, -0.2) is 42.4 Å². The third kappa shape index (κ3) is 2.03. The second kappa shape index (κ2) is 4.39. The van der Waals surface area contributed by atoms with Crippen LogP contribution in [0.5, 0.6) is 0 Å². The zero-order valence-corrected chi connectivity index (χ0v) is 9.82. The van der Waals surface area contributed by atoms with E-state index in [2.05, 4.69) is 10.2 Å². The lowest BCUT2D eigenvalue weighted by molar-refractivity contribution is 0.0602. The van der Waals surface area contributed by atoms with E-state index in [0.29, 0.717) is 5.56 Å². The molecule has 0 bridgehead atoms. The zero-order chi connectivity index (χ0) is 11.6. The van der Waals surface area contributed by atoms with Crippen molar-refractivity contribution < 1.29 is 9.21 Å². The first kappa shape index (κ1) is 11.4. The molecule has 0 amide bonds. The maximum atomic E-state index is 12.3. The second-order valence-corrected chi connectivity index (χ2v) is 4.64. The number of nitrogens with one attached hydrogen (secondary N) is 1. The van der Waals surface area contributed by atoms with Crippen LogP contribution in [0.3, 0.4) is 0 Å². The number of nitrogens with zero attached hydrogens (tertiary/aromatic N) is 1. The number of Topliss-reactive ketones (excluding diaryl/α,β-unsaturated/α-hetero) is 1. The molecule has 1 fully saturated rings. The molecule has 1 saturated heterocycles. The maximum Gasteiger partial charge on any atom is 0.185 e. The van der Waals surface area contributed by atoms with Crippen LogP contribution in [0.1, 0.15) is 24.2 Å². The van der Waals surface area contributed by atoms with Crippen molar-refractivity contribution in [2.45, 2.75) is 19.4 Å². The minimum Gasteiger partial charge on any atom is -0.472 e. The van der Waals surface area contributed by atoms with E-state index in [9.17, 15) is 4.79 Å². The molecule has 2 heterocycles. The van der Waals surface area contributed by atoms with Gasteiger partial charge in [-0.3, -0.25) is 9.69 Å². The Morgan fingerprint density at radius 3 is 2.69 bits per heavy atom. The predicted molar refractivity (Wildman–Crippen MR) is 61.6 cm³/mol. The van der Waals surface area contributed by atoms with Gasteiger partial charge >= 0.3 is 0 Å². The first-order chi connectivity index (χ1) is 7.62. The summed E-state index contributed by atoms with van der Waals surface area (Å²) in [5, 5.41) is 3.29. The quantitative estimate of drug-likeness (QED) is 0.779. The number of carbonyl (C=O) groups excluding carboxylic acids is 1. The SMILES string of the molecule is CC(C)(C(=O)c1ccoc1)N1CCNCC1. The molecule has 4 nitrogen and oxygen atoms in total. The third-order valence-electron chi connectivity index (χ3n) is 3.25. The lowest BCUT2D eigenvalue weighted by Crippen LogP contribution is -2.56. The van der Waals surface area contributed by atoms with Gasteiger partial charge in [-0.2, -0.15) is 0 Å². The molecule has 0 aliphatic carbocycles. The van der Waals surface area contributed by atoms with Gasteiger partial charge in [0.25, 0.3) is 0 Å². The van der Waals surface area contributed by atoms with Crippen LogP contribution in [0.4, 0.5) is 0 Å². The number of ketones is 1. The minimum absolute atomic E-state index is 0.128. The summed E-state index contributed by atoms with van der Waals surface area (Å²) in [6.45, 7) is 7.68. The van der Waals surface area contributed by atoms with Gasteiger partial charge in [0.2, 0.25) is 0 Å². The molecule has 0 spiro atoms. The molecule has 16 heavy (non-hydrogen) atoms. The van der Waals surface area contributed by atoms with E-state index >= 15 is 0 Å². The van der Waals surface area contributed by atoms with E-state index in [0.717, 1.165) is 26.2 Å². The van der Waals surface area contributed by atoms with Crippen LogP contribution in [0.25, 0.3) is 0 Å². The van der Waals surface area contributed by atoms with Crippen molar-refractivity contribution in [3.8, 4) is 0 Å². The molecular formula is C12H18N2O2. The van der Waals surface area contributed by atoms with Gasteiger partial charge in [-0.1, -0.05) is 0 Å². The van der Waals surface area contributed by atoms with Crippen LogP contribution in [0, 0.1) is 0 Å². The van der Waals surface area contributed by atoms with Crippen molar-refractivity contribution >= 4 is 5.78 Å². The average molecular weight is 222 g/mol. The molecule has 1 aliphatic heterocycles. The summed E-state index contributed by atoms with van der Waals surface area (Å²) in [5.74, 6) is 0.128. The second-order valence-electron chi connectivity index (χ2n) is 4.64. The smallest absolute Gasteiger partial charge is 0.185 e. The number of carbonyl (C=O) groups is 1.